The van der Waals surface area contributed by atoms with Crippen LogP contribution < -0.4 is 0 Å². The Balaban J connectivity index is 2.74. The molecule has 15 heavy (non-hydrogen) atoms. The average molecular weight is 212 g/mol. The highest BCUT2D eigenvalue weighted by molar-refractivity contribution is 5.87. The van der Waals surface area contributed by atoms with E-state index in [4.69, 9.17) is 0 Å². The second-order valence-electron chi connectivity index (χ2n) is 4.60. The van der Waals surface area contributed by atoms with Crippen molar-refractivity contribution in [1.82, 2.24) is 9.80 Å². The molecule has 0 saturated carbocycles. The lowest BCUT2D eigenvalue weighted by molar-refractivity contribution is -0.148. The number of amides is 1. The highest BCUT2D eigenvalue weighted by Gasteiger charge is 2.40. The van der Waals surface area contributed by atoms with E-state index in [0.29, 0.717) is 19.5 Å². The van der Waals surface area contributed by atoms with Crippen LogP contribution in [0.25, 0.3) is 0 Å². The van der Waals surface area contributed by atoms with Crippen molar-refractivity contribution in [3.8, 4) is 0 Å². The first-order chi connectivity index (χ1) is 6.89. The molecule has 0 spiro atoms. The molecule has 4 nitrogen and oxygen atoms in total. The summed E-state index contributed by atoms with van der Waals surface area (Å²) in [6.45, 7) is 7.50. The molecular formula is C11H20N2O2. The lowest BCUT2D eigenvalue weighted by Gasteiger charge is -2.44. The third-order valence-electron chi connectivity index (χ3n) is 3.13. The van der Waals surface area contributed by atoms with Crippen LogP contribution in [0.2, 0.25) is 0 Å². The number of ketones is 1. The molecule has 0 N–H and O–H groups in total. The van der Waals surface area contributed by atoms with Crippen molar-refractivity contribution in [1.29, 1.82) is 0 Å². The minimum atomic E-state index is -0.544. The highest BCUT2D eigenvalue weighted by Crippen LogP contribution is 2.21. The molecule has 4 heteroatoms. The molecule has 0 aliphatic carbocycles. The fraction of sp³-hybridized carbons (Fsp3) is 0.818. The van der Waals surface area contributed by atoms with Gasteiger partial charge in [-0.05, 0) is 13.8 Å². The predicted octanol–water partition coefficient (Wildman–Crippen LogP) is 0.518. The van der Waals surface area contributed by atoms with Crippen molar-refractivity contribution in [2.24, 2.45) is 0 Å². The van der Waals surface area contributed by atoms with Crippen molar-refractivity contribution in [3.05, 3.63) is 0 Å². The second kappa shape index (κ2) is 4.31. The predicted molar refractivity (Wildman–Crippen MR) is 58.6 cm³/mol. The first-order valence-corrected chi connectivity index (χ1v) is 5.42. The van der Waals surface area contributed by atoms with Gasteiger partial charge < -0.3 is 4.90 Å². The topological polar surface area (TPSA) is 40.6 Å². The molecule has 1 aliphatic heterocycles. The van der Waals surface area contributed by atoms with Gasteiger partial charge in [0, 0.05) is 26.6 Å². The van der Waals surface area contributed by atoms with Crippen LogP contribution in [-0.2, 0) is 9.59 Å². The van der Waals surface area contributed by atoms with E-state index in [1.807, 2.05) is 32.7 Å². The van der Waals surface area contributed by atoms with Crippen molar-refractivity contribution >= 4 is 11.7 Å². The van der Waals surface area contributed by atoms with Crippen LogP contribution in [0.15, 0.2) is 0 Å². The summed E-state index contributed by atoms with van der Waals surface area (Å²) in [5, 5.41) is 0. The Labute approximate surface area is 91.2 Å². The molecule has 0 aromatic heterocycles. The maximum absolute atomic E-state index is 11.9. The zero-order chi connectivity index (χ0) is 11.6. The van der Waals surface area contributed by atoms with Gasteiger partial charge in [0.05, 0.1) is 12.1 Å². The standard InChI is InChI=1S/C11H20N2O2/c1-5-9(14)8-13-7-6-12(4)10(15)11(13,2)3/h5-8H2,1-4H3. The Morgan fingerprint density at radius 1 is 1.40 bits per heavy atom. The van der Waals surface area contributed by atoms with E-state index in [2.05, 4.69) is 0 Å². The van der Waals surface area contributed by atoms with Gasteiger partial charge in [-0.3, -0.25) is 14.5 Å². The maximum atomic E-state index is 11.9. The largest absolute Gasteiger partial charge is 0.343 e. The van der Waals surface area contributed by atoms with E-state index in [9.17, 15) is 9.59 Å². The number of carbonyl (C=O) groups is 2. The Hall–Kier alpha value is -0.900. The summed E-state index contributed by atoms with van der Waals surface area (Å²) in [5.41, 5.74) is -0.544. The second-order valence-corrected chi connectivity index (χ2v) is 4.60. The van der Waals surface area contributed by atoms with Crippen molar-refractivity contribution in [2.45, 2.75) is 32.7 Å². The molecular weight excluding hydrogens is 192 g/mol. The molecule has 86 valence electrons. The summed E-state index contributed by atoms with van der Waals surface area (Å²) in [4.78, 5) is 27.0. The van der Waals surface area contributed by atoms with Crippen LogP contribution in [0.1, 0.15) is 27.2 Å². The zero-order valence-corrected chi connectivity index (χ0v) is 10.0. The molecule has 1 amide bonds. The van der Waals surface area contributed by atoms with Gasteiger partial charge in [-0.1, -0.05) is 6.92 Å². The Kier molecular flexibility index (Phi) is 3.50. The number of hydrogen-bond donors (Lipinski definition) is 0. The van der Waals surface area contributed by atoms with Crippen LogP contribution in [0.4, 0.5) is 0 Å². The molecule has 1 aliphatic rings. The number of rotatable bonds is 3. The molecule has 0 atom stereocenters. The summed E-state index contributed by atoms with van der Waals surface area (Å²) in [5.74, 6) is 0.290. The molecule has 0 unspecified atom stereocenters. The smallest absolute Gasteiger partial charge is 0.242 e. The van der Waals surface area contributed by atoms with Crippen molar-refractivity contribution in [3.63, 3.8) is 0 Å². The van der Waals surface area contributed by atoms with Gasteiger partial charge in [0.1, 0.15) is 5.78 Å². The summed E-state index contributed by atoms with van der Waals surface area (Å²) < 4.78 is 0. The van der Waals surface area contributed by atoms with Crippen LogP contribution >= 0.6 is 0 Å². The first kappa shape index (κ1) is 12.2. The van der Waals surface area contributed by atoms with E-state index in [1.54, 1.807) is 4.90 Å². The minimum Gasteiger partial charge on any atom is -0.343 e. The number of carbonyl (C=O) groups excluding carboxylic acids is 2. The van der Waals surface area contributed by atoms with Crippen LogP contribution in [0, 0.1) is 0 Å². The minimum absolute atomic E-state index is 0.0950. The van der Waals surface area contributed by atoms with Gasteiger partial charge >= 0.3 is 0 Å². The molecule has 1 fully saturated rings. The Morgan fingerprint density at radius 3 is 2.53 bits per heavy atom. The zero-order valence-electron chi connectivity index (χ0n) is 10.0. The summed E-state index contributed by atoms with van der Waals surface area (Å²) in [6.07, 6.45) is 0.538. The lowest BCUT2D eigenvalue weighted by Crippen LogP contribution is -2.62. The van der Waals surface area contributed by atoms with E-state index < -0.39 is 5.54 Å². The average Bonchev–Trinajstić information content (AvgIpc) is 2.19. The van der Waals surface area contributed by atoms with Gasteiger partial charge in [-0.15, -0.1) is 0 Å². The third-order valence-corrected chi connectivity index (χ3v) is 3.13. The SMILES string of the molecule is CCC(=O)CN1CCN(C)C(=O)C1(C)C. The summed E-state index contributed by atoms with van der Waals surface area (Å²) in [6, 6.07) is 0. The molecule has 0 radical (unpaired) electrons. The Bertz CT molecular complexity index is 274. The fourth-order valence-electron chi connectivity index (χ4n) is 1.86. The number of likely N-dealkylation sites (N-methyl/N-ethyl adjacent to an activating group) is 1. The molecule has 1 saturated heterocycles. The molecule has 1 rings (SSSR count). The first-order valence-electron chi connectivity index (χ1n) is 5.42. The van der Waals surface area contributed by atoms with Gasteiger partial charge in [-0.25, -0.2) is 0 Å². The Morgan fingerprint density at radius 2 is 2.00 bits per heavy atom. The molecule has 0 aromatic carbocycles. The molecule has 1 heterocycles. The quantitative estimate of drug-likeness (QED) is 0.684. The van der Waals surface area contributed by atoms with Crippen LogP contribution in [0.5, 0.6) is 0 Å². The van der Waals surface area contributed by atoms with Crippen molar-refractivity contribution in [2.75, 3.05) is 26.7 Å². The van der Waals surface area contributed by atoms with Gasteiger partial charge in [0.2, 0.25) is 5.91 Å². The van der Waals surface area contributed by atoms with E-state index >= 15 is 0 Å². The number of hydrogen-bond acceptors (Lipinski definition) is 3. The van der Waals surface area contributed by atoms with Gasteiger partial charge in [-0.2, -0.15) is 0 Å². The van der Waals surface area contributed by atoms with Gasteiger partial charge in [0.25, 0.3) is 0 Å². The third kappa shape index (κ3) is 2.37. The molecule has 0 aromatic rings. The van der Waals surface area contributed by atoms with E-state index in [1.165, 1.54) is 0 Å². The fourth-order valence-corrected chi connectivity index (χ4v) is 1.86. The summed E-state index contributed by atoms with van der Waals surface area (Å²) >= 11 is 0. The van der Waals surface area contributed by atoms with Crippen LogP contribution in [-0.4, -0.2) is 53.7 Å². The maximum Gasteiger partial charge on any atom is 0.242 e. The van der Waals surface area contributed by atoms with Gasteiger partial charge in [0.15, 0.2) is 0 Å². The number of piperazine rings is 1. The highest BCUT2D eigenvalue weighted by atomic mass is 16.2. The molecule has 0 bridgehead atoms. The van der Waals surface area contributed by atoms with E-state index in [0.717, 1.165) is 6.54 Å². The van der Waals surface area contributed by atoms with E-state index in [-0.39, 0.29) is 11.7 Å². The summed E-state index contributed by atoms with van der Waals surface area (Å²) in [7, 11) is 1.81. The lowest BCUT2D eigenvalue weighted by atomic mass is 9.97. The number of Topliss-reactive ketones (excluding diaryl/α,β-unsaturated/α-hetero) is 1. The van der Waals surface area contributed by atoms with Crippen molar-refractivity contribution < 1.29 is 9.59 Å². The van der Waals surface area contributed by atoms with Crippen LogP contribution in [0.3, 0.4) is 0 Å². The normalized spacial score (nSPS) is 21.9. The monoisotopic (exact) mass is 212 g/mol. The number of nitrogens with zero attached hydrogens (tertiary/aromatic N) is 2.